The number of benzene rings is 1. The molecule has 5 heteroatoms. The van der Waals surface area contributed by atoms with Crippen LogP contribution in [0.4, 0.5) is 5.69 Å². The Hall–Kier alpha value is -1.81. The fourth-order valence-corrected chi connectivity index (χ4v) is 1.91. The molecule has 3 rings (SSSR count). The van der Waals surface area contributed by atoms with Gasteiger partial charge in [0, 0.05) is 22.3 Å². The predicted molar refractivity (Wildman–Crippen MR) is 70.0 cm³/mol. The fraction of sp³-hybridized carbons (Fsp3) is 0.231. The zero-order valence-electron chi connectivity index (χ0n) is 9.61. The first-order valence-corrected chi connectivity index (χ1v) is 6.22. The molecule has 1 aliphatic carbocycles. The zero-order valence-corrected chi connectivity index (χ0v) is 10.4. The summed E-state index contributed by atoms with van der Waals surface area (Å²) in [5.74, 6) is 0.357. The second kappa shape index (κ2) is 4.46. The molecule has 0 spiro atoms. The quantitative estimate of drug-likeness (QED) is 0.891. The lowest BCUT2D eigenvalue weighted by atomic mass is 10.2. The summed E-state index contributed by atoms with van der Waals surface area (Å²) in [7, 11) is 0. The van der Waals surface area contributed by atoms with Crippen LogP contribution in [0.25, 0.3) is 0 Å². The monoisotopic (exact) mass is 261 g/mol. The van der Waals surface area contributed by atoms with Crippen molar-refractivity contribution in [2.45, 2.75) is 18.8 Å². The van der Waals surface area contributed by atoms with Crippen LogP contribution in [0.1, 0.15) is 34.9 Å². The Labute approximate surface area is 109 Å². The molecule has 4 nitrogen and oxygen atoms in total. The van der Waals surface area contributed by atoms with E-state index in [0.717, 1.165) is 5.69 Å². The van der Waals surface area contributed by atoms with Gasteiger partial charge in [-0.15, -0.1) is 0 Å². The Bertz CT molecular complexity index is 572. The number of anilines is 1. The maximum Gasteiger partial charge on any atom is 0.276 e. The van der Waals surface area contributed by atoms with Crippen molar-refractivity contribution in [1.29, 1.82) is 0 Å². The molecule has 0 aliphatic heterocycles. The third-order valence-electron chi connectivity index (χ3n) is 2.95. The normalized spacial score (nSPS) is 14.5. The van der Waals surface area contributed by atoms with Crippen LogP contribution < -0.4 is 5.32 Å². The Kier molecular flexibility index (Phi) is 2.80. The summed E-state index contributed by atoms with van der Waals surface area (Å²) in [6.45, 7) is 0. The maximum atomic E-state index is 11.9. The number of amides is 1. The highest BCUT2D eigenvalue weighted by atomic mass is 35.5. The molecule has 1 saturated carbocycles. The number of nitrogens with zero attached hydrogens (tertiary/aromatic N) is 1. The average Bonchev–Trinajstić information content (AvgIpc) is 3.10. The molecule has 2 N–H and O–H groups in total. The molecule has 1 aromatic heterocycles. The summed E-state index contributed by atoms with van der Waals surface area (Å²) >= 11 is 5.78. The summed E-state index contributed by atoms with van der Waals surface area (Å²) in [4.78, 5) is 11.9. The third-order valence-corrected chi connectivity index (χ3v) is 3.20. The van der Waals surface area contributed by atoms with E-state index in [1.807, 2.05) is 6.07 Å². The summed E-state index contributed by atoms with van der Waals surface area (Å²) in [5, 5.41) is 10.4. The van der Waals surface area contributed by atoms with Crippen LogP contribution in [-0.4, -0.2) is 16.1 Å². The molecule has 0 saturated heterocycles. The molecule has 0 bridgehead atoms. The van der Waals surface area contributed by atoms with Crippen molar-refractivity contribution in [2.75, 3.05) is 5.32 Å². The SMILES string of the molecule is O=C(Nc1ccc(Cl)cc1)c1cc(C2CC2)[nH]n1. The van der Waals surface area contributed by atoms with Gasteiger partial charge in [0.1, 0.15) is 0 Å². The zero-order chi connectivity index (χ0) is 12.5. The van der Waals surface area contributed by atoms with E-state index < -0.39 is 0 Å². The molecule has 1 heterocycles. The van der Waals surface area contributed by atoms with Gasteiger partial charge in [0.15, 0.2) is 5.69 Å². The maximum absolute atomic E-state index is 11.9. The second-order valence-corrected chi connectivity index (χ2v) is 4.88. The topological polar surface area (TPSA) is 57.8 Å². The van der Waals surface area contributed by atoms with Crippen LogP contribution in [0.5, 0.6) is 0 Å². The molecule has 1 aliphatic rings. The number of aromatic amines is 1. The highest BCUT2D eigenvalue weighted by molar-refractivity contribution is 6.30. The smallest absolute Gasteiger partial charge is 0.276 e. The number of hydrogen-bond donors (Lipinski definition) is 2. The van der Waals surface area contributed by atoms with Crippen molar-refractivity contribution < 1.29 is 4.79 Å². The number of rotatable bonds is 3. The van der Waals surface area contributed by atoms with Gasteiger partial charge in [-0.3, -0.25) is 9.89 Å². The van der Waals surface area contributed by atoms with Crippen LogP contribution in [-0.2, 0) is 0 Å². The molecule has 0 atom stereocenters. The molecule has 1 fully saturated rings. The first-order valence-electron chi connectivity index (χ1n) is 5.84. The van der Waals surface area contributed by atoms with Crippen LogP contribution in [0.3, 0.4) is 0 Å². The van der Waals surface area contributed by atoms with Gasteiger partial charge in [-0.2, -0.15) is 5.10 Å². The summed E-state index contributed by atoms with van der Waals surface area (Å²) < 4.78 is 0. The highest BCUT2D eigenvalue weighted by Crippen LogP contribution is 2.39. The van der Waals surface area contributed by atoms with Crippen LogP contribution >= 0.6 is 11.6 Å². The lowest BCUT2D eigenvalue weighted by Gasteiger charge is -2.02. The van der Waals surface area contributed by atoms with Crippen molar-refractivity contribution in [3.8, 4) is 0 Å². The minimum Gasteiger partial charge on any atom is -0.321 e. The molecule has 0 unspecified atom stereocenters. The minimum absolute atomic E-state index is 0.208. The summed E-state index contributed by atoms with van der Waals surface area (Å²) in [5.41, 5.74) is 2.18. The predicted octanol–water partition coefficient (Wildman–Crippen LogP) is 3.19. The first-order chi connectivity index (χ1) is 8.72. The molecular formula is C13H12ClN3O. The van der Waals surface area contributed by atoms with E-state index in [9.17, 15) is 4.79 Å². The van der Waals surface area contributed by atoms with Gasteiger partial charge >= 0.3 is 0 Å². The number of nitrogens with one attached hydrogen (secondary N) is 2. The van der Waals surface area contributed by atoms with Gasteiger partial charge in [-0.05, 0) is 43.2 Å². The van der Waals surface area contributed by atoms with E-state index in [1.54, 1.807) is 24.3 Å². The van der Waals surface area contributed by atoms with Gasteiger partial charge in [-0.25, -0.2) is 0 Å². The Morgan fingerprint density at radius 2 is 2.06 bits per heavy atom. The number of aromatic nitrogens is 2. The van der Waals surface area contributed by atoms with Gasteiger partial charge < -0.3 is 5.32 Å². The van der Waals surface area contributed by atoms with E-state index in [-0.39, 0.29) is 5.91 Å². The second-order valence-electron chi connectivity index (χ2n) is 4.44. The van der Waals surface area contributed by atoms with Crippen LogP contribution in [0, 0.1) is 0 Å². The van der Waals surface area contributed by atoms with Crippen LogP contribution in [0.15, 0.2) is 30.3 Å². The van der Waals surface area contributed by atoms with E-state index in [2.05, 4.69) is 15.5 Å². The first kappa shape index (κ1) is 11.3. The van der Waals surface area contributed by atoms with E-state index in [0.29, 0.717) is 22.3 Å². The Morgan fingerprint density at radius 1 is 1.33 bits per heavy atom. The largest absolute Gasteiger partial charge is 0.321 e. The van der Waals surface area contributed by atoms with E-state index in [1.165, 1.54) is 12.8 Å². The van der Waals surface area contributed by atoms with E-state index in [4.69, 9.17) is 11.6 Å². The molecule has 0 radical (unpaired) electrons. The molecule has 92 valence electrons. The molecular weight excluding hydrogens is 250 g/mol. The van der Waals surface area contributed by atoms with Crippen molar-refractivity contribution in [3.05, 3.63) is 46.7 Å². The number of hydrogen-bond acceptors (Lipinski definition) is 2. The molecule has 1 aromatic carbocycles. The van der Waals surface area contributed by atoms with Gasteiger partial charge in [-0.1, -0.05) is 11.6 Å². The molecule has 1 amide bonds. The molecule has 18 heavy (non-hydrogen) atoms. The highest BCUT2D eigenvalue weighted by Gasteiger charge is 2.26. The van der Waals surface area contributed by atoms with Crippen molar-refractivity contribution in [3.63, 3.8) is 0 Å². The van der Waals surface area contributed by atoms with E-state index >= 15 is 0 Å². The van der Waals surface area contributed by atoms with Crippen molar-refractivity contribution in [2.24, 2.45) is 0 Å². The fourth-order valence-electron chi connectivity index (χ4n) is 1.78. The number of halogens is 1. The number of carbonyl (C=O) groups is 1. The number of H-pyrrole nitrogens is 1. The van der Waals surface area contributed by atoms with Gasteiger partial charge in [0.25, 0.3) is 5.91 Å². The Balaban J connectivity index is 1.71. The van der Waals surface area contributed by atoms with Gasteiger partial charge in [0.2, 0.25) is 0 Å². The number of carbonyl (C=O) groups excluding carboxylic acids is 1. The third kappa shape index (κ3) is 2.38. The summed E-state index contributed by atoms with van der Waals surface area (Å²) in [6.07, 6.45) is 2.36. The average molecular weight is 262 g/mol. The van der Waals surface area contributed by atoms with Crippen LogP contribution in [0.2, 0.25) is 5.02 Å². The Morgan fingerprint density at radius 3 is 2.72 bits per heavy atom. The lowest BCUT2D eigenvalue weighted by molar-refractivity contribution is 0.102. The summed E-state index contributed by atoms with van der Waals surface area (Å²) in [6, 6.07) is 8.81. The molecule has 2 aromatic rings. The lowest BCUT2D eigenvalue weighted by Crippen LogP contribution is -2.12. The van der Waals surface area contributed by atoms with Crippen molar-refractivity contribution in [1.82, 2.24) is 10.2 Å². The standard InChI is InChI=1S/C13H12ClN3O/c14-9-3-5-10(6-4-9)15-13(18)12-7-11(16-17-12)8-1-2-8/h3-8H,1-2H2,(H,15,18)(H,16,17). The van der Waals surface area contributed by atoms with Crippen molar-refractivity contribution >= 4 is 23.2 Å². The minimum atomic E-state index is -0.208. The van der Waals surface area contributed by atoms with Gasteiger partial charge in [0.05, 0.1) is 0 Å².